The summed E-state index contributed by atoms with van der Waals surface area (Å²) in [5.74, 6) is 0.392. The van der Waals surface area contributed by atoms with Crippen molar-refractivity contribution in [2.45, 2.75) is 6.92 Å². The van der Waals surface area contributed by atoms with Crippen molar-refractivity contribution in [2.24, 2.45) is 0 Å². The third-order valence-corrected chi connectivity index (χ3v) is 2.45. The number of aromatic nitrogens is 2. The van der Waals surface area contributed by atoms with Gasteiger partial charge in [-0.1, -0.05) is 6.07 Å². The fraction of sp³-hybridized carbons (Fsp3) is 0.231. The lowest BCUT2D eigenvalue weighted by Gasteiger charge is -2.08. The van der Waals surface area contributed by atoms with E-state index in [1.807, 2.05) is 6.92 Å². The van der Waals surface area contributed by atoms with Gasteiger partial charge < -0.3 is 10.1 Å². The van der Waals surface area contributed by atoms with E-state index in [2.05, 4.69) is 15.3 Å². The number of nitrogens with one attached hydrogen (secondary N) is 1. The monoisotopic (exact) mass is 247 g/mol. The van der Waals surface area contributed by atoms with Crippen LogP contribution < -0.4 is 10.1 Å². The molecular weight excluding hydrogens is 233 g/mol. The summed E-state index contributed by atoms with van der Waals surface area (Å²) >= 11 is 0. The Hall–Kier alpha value is -2.17. The smallest absolute Gasteiger partial charge is 0.174 e. The van der Waals surface area contributed by atoms with E-state index in [1.54, 1.807) is 24.4 Å². The highest BCUT2D eigenvalue weighted by atomic mass is 19.1. The highest BCUT2D eigenvalue weighted by Gasteiger charge is 2.11. The van der Waals surface area contributed by atoms with Crippen LogP contribution in [0, 0.1) is 5.82 Å². The number of anilines is 1. The molecule has 5 heteroatoms. The summed E-state index contributed by atoms with van der Waals surface area (Å²) in [6, 6.07) is 4.94. The zero-order chi connectivity index (χ0) is 13.0. The molecule has 94 valence electrons. The molecule has 4 nitrogen and oxygen atoms in total. The zero-order valence-corrected chi connectivity index (χ0v) is 10.3. The van der Waals surface area contributed by atoms with Crippen molar-refractivity contribution in [3.05, 3.63) is 36.4 Å². The van der Waals surface area contributed by atoms with E-state index in [9.17, 15) is 4.39 Å². The number of ether oxygens (including phenoxy) is 1. The maximum absolute atomic E-state index is 14.1. The molecule has 0 aliphatic heterocycles. The van der Waals surface area contributed by atoms with Gasteiger partial charge >= 0.3 is 0 Å². The average molecular weight is 247 g/mol. The van der Waals surface area contributed by atoms with Gasteiger partial charge in [0.05, 0.1) is 25.2 Å². The summed E-state index contributed by atoms with van der Waals surface area (Å²) in [4.78, 5) is 8.34. The molecule has 0 amide bonds. The van der Waals surface area contributed by atoms with E-state index in [4.69, 9.17) is 4.74 Å². The number of hydrogen-bond acceptors (Lipinski definition) is 4. The van der Waals surface area contributed by atoms with Gasteiger partial charge in [0.15, 0.2) is 11.6 Å². The Balaban J connectivity index is 2.45. The van der Waals surface area contributed by atoms with Crippen LogP contribution in [0.1, 0.15) is 6.92 Å². The highest BCUT2D eigenvalue weighted by molar-refractivity contribution is 5.62. The molecule has 0 saturated carbocycles. The molecule has 1 N–H and O–H groups in total. The Morgan fingerprint density at radius 3 is 2.89 bits per heavy atom. The first-order valence-corrected chi connectivity index (χ1v) is 5.65. The minimum absolute atomic E-state index is 0.197. The standard InChI is InChI=1S/C13H14FN3O/c1-3-16-12-8-15-7-10(17-12)9-5-4-6-11(18-2)13(9)14/h4-8H,3H2,1-2H3,(H,16,17). The summed E-state index contributed by atoms with van der Waals surface area (Å²) < 4.78 is 19.0. The third-order valence-electron chi connectivity index (χ3n) is 2.45. The molecule has 0 radical (unpaired) electrons. The second-order valence-corrected chi connectivity index (χ2v) is 3.64. The summed E-state index contributed by atoms with van der Waals surface area (Å²) in [5, 5.41) is 3.04. The molecule has 1 aromatic heterocycles. The quantitative estimate of drug-likeness (QED) is 0.902. The number of rotatable bonds is 4. The molecule has 0 bridgehead atoms. The van der Waals surface area contributed by atoms with Gasteiger partial charge in [0.25, 0.3) is 0 Å². The van der Waals surface area contributed by atoms with Crippen LogP contribution in [0.3, 0.4) is 0 Å². The zero-order valence-electron chi connectivity index (χ0n) is 10.3. The number of nitrogens with zero attached hydrogens (tertiary/aromatic N) is 2. The van der Waals surface area contributed by atoms with Crippen LogP contribution in [-0.2, 0) is 0 Å². The maximum atomic E-state index is 14.1. The minimum Gasteiger partial charge on any atom is -0.494 e. The number of methoxy groups -OCH3 is 1. The van der Waals surface area contributed by atoms with Crippen LogP contribution in [0.4, 0.5) is 10.2 Å². The van der Waals surface area contributed by atoms with E-state index in [1.165, 1.54) is 13.3 Å². The van der Waals surface area contributed by atoms with Crippen molar-refractivity contribution in [3.63, 3.8) is 0 Å². The number of hydrogen-bond donors (Lipinski definition) is 1. The van der Waals surface area contributed by atoms with Crippen molar-refractivity contribution in [3.8, 4) is 17.0 Å². The second kappa shape index (κ2) is 5.44. The molecule has 1 heterocycles. The van der Waals surface area contributed by atoms with Crippen LogP contribution in [-0.4, -0.2) is 23.6 Å². The van der Waals surface area contributed by atoms with Crippen molar-refractivity contribution < 1.29 is 9.13 Å². The fourth-order valence-electron chi connectivity index (χ4n) is 1.63. The van der Waals surface area contributed by atoms with Gasteiger partial charge in [0.2, 0.25) is 0 Å². The maximum Gasteiger partial charge on any atom is 0.174 e. The van der Waals surface area contributed by atoms with Crippen LogP contribution in [0.15, 0.2) is 30.6 Å². The molecule has 0 aliphatic rings. The molecule has 18 heavy (non-hydrogen) atoms. The van der Waals surface area contributed by atoms with Gasteiger partial charge in [-0.3, -0.25) is 4.98 Å². The highest BCUT2D eigenvalue weighted by Crippen LogP contribution is 2.27. The lowest BCUT2D eigenvalue weighted by atomic mass is 10.1. The van der Waals surface area contributed by atoms with Crippen molar-refractivity contribution in [1.82, 2.24) is 9.97 Å². The van der Waals surface area contributed by atoms with E-state index in [-0.39, 0.29) is 5.75 Å². The van der Waals surface area contributed by atoms with Crippen LogP contribution in [0.2, 0.25) is 0 Å². The van der Waals surface area contributed by atoms with E-state index in [0.29, 0.717) is 17.1 Å². The van der Waals surface area contributed by atoms with Crippen LogP contribution in [0.25, 0.3) is 11.3 Å². The van der Waals surface area contributed by atoms with Gasteiger partial charge in [0, 0.05) is 12.1 Å². The first-order valence-electron chi connectivity index (χ1n) is 5.65. The molecule has 0 fully saturated rings. The summed E-state index contributed by atoms with van der Waals surface area (Å²) in [6.45, 7) is 2.69. The SMILES string of the molecule is CCNc1cncc(-c2cccc(OC)c2F)n1. The lowest BCUT2D eigenvalue weighted by molar-refractivity contribution is 0.387. The minimum atomic E-state index is -0.428. The number of halogens is 1. The molecule has 0 atom stereocenters. The van der Waals surface area contributed by atoms with Gasteiger partial charge in [-0.25, -0.2) is 9.37 Å². The molecule has 0 aliphatic carbocycles. The van der Waals surface area contributed by atoms with Crippen molar-refractivity contribution in [1.29, 1.82) is 0 Å². The first kappa shape index (κ1) is 12.3. The van der Waals surface area contributed by atoms with E-state index in [0.717, 1.165) is 6.54 Å². The first-order chi connectivity index (χ1) is 8.76. The van der Waals surface area contributed by atoms with Crippen LogP contribution in [0.5, 0.6) is 5.75 Å². The summed E-state index contributed by atoms with van der Waals surface area (Å²) in [6.07, 6.45) is 3.13. The van der Waals surface area contributed by atoms with Gasteiger partial charge in [-0.2, -0.15) is 0 Å². The molecule has 1 aromatic carbocycles. The molecule has 2 aromatic rings. The molecule has 2 rings (SSSR count). The summed E-state index contributed by atoms with van der Waals surface area (Å²) in [5.41, 5.74) is 0.853. The van der Waals surface area contributed by atoms with Gasteiger partial charge in [-0.05, 0) is 19.1 Å². The molecular formula is C13H14FN3O. The van der Waals surface area contributed by atoms with Crippen LogP contribution >= 0.6 is 0 Å². The summed E-state index contributed by atoms with van der Waals surface area (Å²) in [7, 11) is 1.43. The predicted octanol–water partition coefficient (Wildman–Crippen LogP) is 2.72. The normalized spacial score (nSPS) is 10.2. The average Bonchev–Trinajstić information content (AvgIpc) is 2.40. The second-order valence-electron chi connectivity index (χ2n) is 3.64. The Labute approximate surface area is 105 Å². The predicted molar refractivity (Wildman–Crippen MR) is 68.1 cm³/mol. The molecule has 0 spiro atoms. The molecule has 0 saturated heterocycles. The Bertz CT molecular complexity index is 546. The lowest BCUT2D eigenvalue weighted by Crippen LogP contribution is -2.01. The number of benzene rings is 1. The van der Waals surface area contributed by atoms with E-state index < -0.39 is 5.82 Å². The van der Waals surface area contributed by atoms with Gasteiger partial charge in [-0.15, -0.1) is 0 Å². The molecule has 0 unspecified atom stereocenters. The van der Waals surface area contributed by atoms with E-state index >= 15 is 0 Å². The Morgan fingerprint density at radius 2 is 2.17 bits per heavy atom. The van der Waals surface area contributed by atoms with Gasteiger partial charge in [0.1, 0.15) is 5.82 Å². The van der Waals surface area contributed by atoms with Crippen molar-refractivity contribution in [2.75, 3.05) is 19.0 Å². The topological polar surface area (TPSA) is 47.0 Å². The third kappa shape index (κ3) is 2.40. The Morgan fingerprint density at radius 1 is 1.33 bits per heavy atom. The largest absolute Gasteiger partial charge is 0.494 e. The van der Waals surface area contributed by atoms with Crippen molar-refractivity contribution >= 4 is 5.82 Å². The Kier molecular flexibility index (Phi) is 3.72. The fourth-order valence-corrected chi connectivity index (χ4v) is 1.63.